The van der Waals surface area contributed by atoms with Crippen LogP contribution in [0.25, 0.3) is 0 Å². The largest absolute Gasteiger partial charge is 2.00 e. The molecule has 0 amide bonds. The average Bonchev–Trinajstić information content (AvgIpc) is 1.19. The first-order chi connectivity index (χ1) is 3.73. The molecule has 0 bridgehead atoms. The first kappa shape index (κ1) is 22.6. The maximum Gasteiger partial charge on any atom is 2.00 e. The zero-order valence-electron chi connectivity index (χ0n) is 5.22. The summed E-state index contributed by atoms with van der Waals surface area (Å²) in [7, 11) is -5.11. The molecule has 64 valence electrons. The van der Waals surface area contributed by atoms with Gasteiger partial charge in [0.2, 0.25) is 0 Å². The Morgan fingerprint density at radius 3 is 1.18 bits per heavy atom. The molecule has 0 aliphatic heterocycles. The standard InChI is InChI=1S/CH2O3.Ca.H2O4Si.H2O/c2-1(3)4;;1-5(2,3)4;/h(H2,2,3,4);;1-2H;1H2/q;+2;-2;. The smallest absolute Gasteiger partial charge is 0.828 e. The fourth-order valence-corrected chi connectivity index (χ4v) is 0. The third-order valence-corrected chi connectivity index (χ3v) is 0. The molecule has 11 heavy (non-hydrogen) atoms. The van der Waals surface area contributed by atoms with E-state index in [-0.39, 0.29) is 43.2 Å². The van der Waals surface area contributed by atoms with Gasteiger partial charge in [0.25, 0.3) is 0 Å². The van der Waals surface area contributed by atoms with Gasteiger partial charge in [0.1, 0.15) is 9.05 Å². The number of hydrogen-bond donors (Lipinski definition) is 4. The van der Waals surface area contributed by atoms with Crippen LogP contribution in [0.2, 0.25) is 0 Å². The Hall–Kier alpha value is 0.547. The predicted molar refractivity (Wildman–Crippen MR) is 30.2 cm³/mol. The van der Waals surface area contributed by atoms with Crippen LogP contribution in [0.3, 0.4) is 0 Å². The average molecular weight is 214 g/mol. The topological polar surface area (TPSA) is 176 Å². The van der Waals surface area contributed by atoms with Crippen molar-refractivity contribution >= 4 is 52.9 Å². The first-order valence-corrected chi connectivity index (χ1v) is 3.22. The van der Waals surface area contributed by atoms with E-state index in [2.05, 4.69) is 0 Å². The summed E-state index contributed by atoms with van der Waals surface area (Å²) in [5, 5.41) is 13.9. The van der Waals surface area contributed by atoms with E-state index in [9.17, 15) is 0 Å². The van der Waals surface area contributed by atoms with E-state index in [4.69, 9.17) is 34.2 Å². The molecular formula is CH6CaO8Si. The number of carboxylic acid groups (broad SMARTS) is 2. The summed E-state index contributed by atoms with van der Waals surface area (Å²) < 4.78 is 0. The van der Waals surface area contributed by atoms with Gasteiger partial charge in [0, 0.05) is 0 Å². The molecule has 0 aromatic carbocycles. The third kappa shape index (κ3) is 2580. The van der Waals surface area contributed by atoms with Crippen molar-refractivity contribution in [2.45, 2.75) is 0 Å². The number of hydrogen-bond acceptors (Lipinski definition) is 5. The summed E-state index contributed by atoms with van der Waals surface area (Å²) in [5.74, 6) is 0. The van der Waals surface area contributed by atoms with Crippen molar-refractivity contribution < 1.29 is 39.7 Å². The minimum Gasteiger partial charge on any atom is -0.828 e. The van der Waals surface area contributed by atoms with Crippen LogP contribution < -0.4 is 9.59 Å². The van der Waals surface area contributed by atoms with Gasteiger partial charge in [-0.25, -0.2) is 4.79 Å². The first-order valence-electron chi connectivity index (χ1n) is 1.51. The summed E-state index contributed by atoms with van der Waals surface area (Å²) in [6.07, 6.45) is -1.83. The van der Waals surface area contributed by atoms with Gasteiger partial charge in [0.05, 0.1) is 0 Å². The van der Waals surface area contributed by atoms with E-state index >= 15 is 0 Å². The van der Waals surface area contributed by atoms with Crippen LogP contribution in [-0.2, 0) is 0 Å². The second-order valence-corrected chi connectivity index (χ2v) is 1.93. The molecule has 0 fully saturated rings. The van der Waals surface area contributed by atoms with Gasteiger partial charge in [-0.05, 0) is 0 Å². The molecule has 0 unspecified atom stereocenters. The van der Waals surface area contributed by atoms with Crippen molar-refractivity contribution in [1.82, 2.24) is 0 Å². The van der Waals surface area contributed by atoms with Crippen LogP contribution in [0.5, 0.6) is 0 Å². The Bertz CT molecular complexity index is 76.6. The summed E-state index contributed by atoms with van der Waals surface area (Å²) >= 11 is 0. The molecule has 0 aromatic heterocycles. The Morgan fingerprint density at radius 1 is 1.18 bits per heavy atom. The van der Waals surface area contributed by atoms with Gasteiger partial charge in [-0.1, -0.05) is 0 Å². The summed E-state index contributed by atoms with van der Waals surface area (Å²) in [5.41, 5.74) is 0. The fraction of sp³-hybridized carbons (Fsp3) is 0. The molecule has 0 rings (SSSR count). The molecule has 0 aliphatic carbocycles. The van der Waals surface area contributed by atoms with Crippen LogP contribution in [0.1, 0.15) is 0 Å². The minimum atomic E-state index is -5.11. The van der Waals surface area contributed by atoms with Crippen LogP contribution in [-0.4, -0.2) is 78.2 Å². The molecule has 0 saturated carbocycles. The number of rotatable bonds is 0. The predicted octanol–water partition coefficient (Wildman–Crippen LogP) is -4.86. The molecule has 0 heterocycles. The Balaban J connectivity index is -0.0000000383. The second-order valence-electron chi connectivity index (χ2n) is 0.831. The molecule has 0 atom stereocenters. The van der Waals surface area contributed by atoms with E-state index in [1.165, 1.54) is 0 Å². The fourth-order valence-electron chi connectivity index (χ4n) is 0. The molecule has 0 spiro atoms. The zero-order valence-corrected chi connectivity index (χ0v) is 8.43. The molecule has 6 N–H and O–H groups in total. The summed E-state index contributed by atoms with van der Waals surface area (Å²) in [6.45, 7) is 0. The van der Waals surface area contributed by atoms with E-state index in [0.29, 0.717) is 0 Å². The monoisotopic (exact) mass is 214 g/mol. The minimum absolute atomic E-state index is 0. The van der Waals surface area contributed by atoms with Crippen LogP contribution in [0, 0.1) is 0 Å². The van der Waals surface area contributed by atoms with Gasteiger partial charge in [-0.15, -0.1) is 0 Å². The normalized spacial score (nSPS) is 7.64. The Morgan fingerprint density at radius 2 is 1.18 bits per heavy atom. The van der Waals surface area contributed by atoms with Gasteiger partial charge in [-0.3, -0.25) is 0 Å². The molecule has 10 heteroatoms. The van der Waals surface area contributed by atoms with Gasteiger partial charge in [-0.2, -0.15) is 0 Å². The molecule has 0 saturated heterocycles. The number of carbonyl (C=O) groups is 1. The van der Waals surface area contributed by atoms with Crippen molar-refractivity contribution in [2.24, 2.45) is 0 Å². The maximum atomic E-state index is 8.80. The van der Waals surface area contributed by atoms with Crippen molar-refractivity contribution in [2.75, 3.05) is 0 Å². The molecule has 8 nitrogen and oxygen atoms in total. The zero-order chi connectivity index (χ0) is 8.08. The molecular weight excluding hydrogens is 208 g/mol. The van der Waals surface area contributed by atoms with E-state index in [0.717, 1.165) is 0 Å². The van der Waals surface area contributed by atoms with E-state index in [1.807, 2.05) is 0 Å². The Labute approximate surface area is 92.1 Å². The van der Waals surface area contributed by atoms with Crippen molar-refractivity contribution in [3.8, 4) is 0 Å². The van der Waals surface area contributed by atoms with Crippen LogP contribution in [0.4, 0.5) is 4.79 Å². The second kappa shape index (κ2) is 10.5. The van der Waals surface area contributed by atoms with E-state index < -0.39 is 15.2 Å². The SMILES string of the molecule is O.O=C(O)O.[Ca+2].[O-][Si]([O-])(O)O. The van der Waals surface area contributed by atoms with Crippen LogP contribution in [0.15, 0.2) is 0 Å². The Kier molecular flexibility index (Phi) is 21.6. The van der Waals surface area contributed by atoms with Crippen molar-refractivity contribution in [3.63, 3.8) is 0 Å². The van der Waals surface area contributed by atoms with Gasteiger partial charge < -0.3 is 34.9 Å². The van der Waals surface area contributed by atoms with Crippen molar-refractivity contribution in [1.29, 1.82) is 0 Å². The van der Waals surface area contributed by atoms with Crippen molar-refractivity contribution in [3.05, 3.63) is 0 Å². The van der Waals surface area contributed by atoms with Gasteiger partial charge >= 0.3 is 43.9 Å². The summed E-state index contributed by atoms with van der Waals surface area (Å²) in [6, 6.07) is 0. The summed E-state index contributed by atoms with van der Waals surface area (Å²) in [4.78, 5) is 40.4. The van der Waals surface area contributed by atoms with E-state index in [1.54, 1.807) is 0 Å². The maximum absolute atomic E-state index is 8.80. The van der Waals surface area contributed by atoms with Crippen LogP contribution >= 0.6 is 0 Å². The molecule has 0 radical (unpaired) electrons. The van der Waals surface area contributed by atoms with Gasteiger partial charge in [0.15, 0.2) is 0 Å². The molecule has 0 aromatic rings. The quantitative estimate of drug-likeness (QED) is 0.292. The molecule has 0 aliphatic rings. The third-order valence-electron chi connectivity index (χ3n) is 0.